The number of benzene rings is 2. The lowest BCUT2D eigenvalue weighted by Gasteiger charge is -2.14. The molecule has 124 valence electrons. The smallest absolute Gasteiger partial charge is 0.0576 e. The highest BCUT2D eigenvalue weighted by molar-refractivity contribution is 5.68. The van der Waals surface area contributed by atoms with Gasteiger partial charge in [-0.05, 0) is 43.5 Å². The van der Waals surface area contributed by atoms with Gasteiger partial charge in [0.05, 0.1) is 11.4 Å². The molecule has 0 saturated carbocycles. The largest absolute Gasteiger partial charge is 0.385 e. The second-order valence-corrected chi connectivity index (χ2v) is 5.85. The molecule has 23 heavy (non-hydrogen) atoms. The molecule has 0 spiro atoms. The van der Waals surface area contributed by atoms with Crippen molar-refractivity contribution >= 4 is 17.1 Å². The van der Waals surface area contributed by atoms with Gasteiger partial charge < -0.3 is 16.0 Å². The summed E-state index contributed by atoms with van der Waals surface area (Å²) >= 11 is 0. The van der Waals surface area contributed by atoms with E-state index in [1.54, 1.807) is 0 Å². The number of anilines is 3. The molecule has 0 aliphatic rings. The number of hydrogen-bond acceptors (Lipinski definition) is 3. The highest BCUT2D eigenvalue weighted by atomic mass is 15.0. The monoisotopic (exact) mass is 311 g/mol. The first-order valence-electron chi connectivity index (χ1n) is 8.67. The Balaban J connectivity index is 1.73. The molecule has 2 aromatic carbocycles. The molecular formula is C20H29N3. The average Bonchev–Trinajstić information content (AvgIpc) is 2.57. The molecular weight excluding hydrogens is 282 g/mol. The van der Waals surface area contributed by atoms with Crippen LogP contribution in [-0.4, -0.2) is 19.6 Å². The predicted molar refractivity (Wildman–Crippen MR) is 103 cm³/mol. The van der Waals surface area contributed by atoms with Gasteiger partial charge in [0.25, 0.3) is 0 Å². The highest BCUT2D eigenvalue weighted by Gasteiger charge is 2.00. The molecule has 0 saturated heterocycles. The fourth-order valence-electron chi connectivity index (χ4n) is 2.50. The Kier molecular flexibility index (Phi) is 7.31. The van der Waals surface area contributed by atoms with Gasteiger partial charge in [-0.2, -0.15) is 0 Å². The molecule has 0 aliphatic heterocycles. The van der Waals surface area contributed by atoms with Crippen molar-refractivity contribution in [2.24, 2.45) is 0 Å². The van der Waals surface area contributed by atoms with E-state index >= 15 is 0 Å². The first-order chi connectivity index (χ1) is 11.3. The van der Waals surface area contributed by atoms with Crippen LogP contribution in [0.5, 0.6) is 0 Å². The lowest BCUT2D eigenvalue weighted by atomic mass is 10.2. The van der Waals surface area contributed by atoms with Gasteiger partial charge in [0.2, 0.25) is 0 Å². The van der Waals surface area contributed by atoms with Gasteiger partial charge in [0, 0.05) is 25.3 Å². The van der Waals surface area contributed by atoms with E-state index in [1.165, 1.54) is 35.5 Å². The predicted octanol–water partition coefficient (Wildman–Crippen LogP) is 5.12. The number of hydrogen-bond donors (Lipinski definition) is 3. The maximum absolute atomic E-state index is 3.54. The van der Waals surface area contributed by atoms with Crippen molar-refractivity contribution in [3.63, 3.8) is 0 Å². The van der Waals surface area contributed by atoms with Crippen LogP contribution in [0.25, 0.3) is 0 Å². The zero-order valence-corrected chi connectivity index (χ0v) is 14.4. The fourth-order valence-corrected chi connectivity index (χ4v) is 2.50. The molecule has 0 unspecified atom stereocenters. The molecule has 0 amide bonds. The molecule has 0 aliphatic carbocycles. The van der Waals surface area contributed by atoms with Gasteiger partial charge in [-0.1, -0.05) is 43.7 Å². The molecule has 3 nitrogen and oxygen atoms in total. The number of nitrogens with one attached hydrogen (secondary N) is 3. The van der Waals surface area contributed by atoms with Crippen LogP contribution >= 0.6 is 0 Å². The third-order valence-electron chi connectivity index (χ3n) is 3.90. The Hall–Kier alpha value is -2.16. The summed E-state index contributed by atoms with van der Waals surface area (Å²) in [6.45, 7) is 7.32. The number of unbranched alkanes of at least 4 members (excludes halogenated alkanes) is 1. The zero-order chi connectivity index (χ0) is 16.3. The van der Waals surface area contributed by atoms with E-state index < -0.39 is 0 Å². The summed E-state index contributed by atoms with van der Waals surface area (Å²) in [5.41, 5.74) is 4.92. The van der Waals surface area contributed by atoms with Gasteiger partial charge in [-0.15, -0.1) is 0 Å². The van der Waals surface area contributed by atoms with E-state index in [0.29, 0.717) is 0 Å². The summed E-state index contributed by atoms with van der Waals surface area (Å²) in [5.74, 6) is 0. The second kappa shape index (κ2) is 9.78. The lowest BCUT2D eigenvalue weighted by Crippen LogP contribution is -2.11. The van der Waals surface area contributed by atoms with Crippen LogP contribution in [0.3, 0.4) is 0 Å². The van der Waals surface area contributed by atoms with Crippen LogP contribution in [0.15, 0.2) is 48.5 Å². The van der Waals surface area contributed by atoms with Crippen LogP contribution < -0.4 is 16.0 Å². The minimum atomic E-state index is 0.964. The van der Waals surface area contributed by atoms with E-state index in [1.807, 2.05) is 0 Å². The summed E-state index contributed by atoms with van der Waals surface area (Å²) in [6, 6.07) is 16.9. The van der Waals surface area contributed by atoms with E-state index in [4.69, 9.17) is 0 Å². The Morgan fingerprint density at radius 2 is 1.13 bits per heavy atom. The molecule has 0 radical (unpaired) electrons. The van der Waals surface area contributed by atoms with Gasteiger partial charge in [0.15, 0.2) is 0 Å². The van der Waals surface area contributed by atoms with Crippen LogP contribution in [0.2, 0.25) is 0 Å². The average molecular weight is 311 g/mol. The van der Waals surface area contributed by atoms with Crippen LogP contribution in [0.4, 0.5) is 17.1 Å². The molecule has 0 fully saturated rings. The minimum absolute atomic E-state index is 0.964. The molecule has 2 rings (SSSR count). The van der Waals surface area contributed by atoms with Gasteiger partial charge in [-0.3, -0.25) is 0 Å². The summed E-state index contributed by atoms with van der Waals surface area (Å²) in [7, 11) is 0. The normalized spacial score (nSPS) is 10.3. The maximum Gasteiger partial charge on any atom is 0.0576 e. The molecule has 2 aromatic rings. The van der Waals surface area contributed by atoms with Gasteiger partial charge in [0.1, 0.15) is 0 Å². The zero-order valence-electron chi connectivity index (χ0n) is 14.4. The number of para-hydroxylation sites is 3. The van der Waals surface area contributed by atoms with Gasteiger partial charge in [-0.25, -0.2) is 0 Å². The molecule has 0 bridgehead atoms. The summed E-state index contributed by atoms with van der Waals surface area (Å²) in [6.07, 6.45) is 3.50. The van der Waals surface area contributed by atoms with Crippen molar-refractivity contribution in [3.8, 4) is 0 Å². The standard InChI is InChI=1S/C20H29N3/c1-3-4-14-22-19-12-7-8-13-20(19)23-16-9-15-21-18-11-6-5-10-17(18)2/h5-8,10-13,21-23H,3-4,9,14-16H2,1-2H3. The quantitative estimate of drug-likeness (QED) is 0.533. The molecule has 3 heteroatoms. The molecule has 0 heterocycles. The van der Waals surface area contributed by atoms with Crippen LogP contribution in [0.1, 0.15) is 31.7 Å². The minimum Gasteiger partial charge on any atom is -0.385 e. The second-order valence-electron chi connectivity index (χ2n) is 5.85. The van der Waals surface area contributed by atoms with Gasteiger partial charge >= 0.3 is 0 Å². The Bertz CT molecular complexity index is 581. The Labute approximate surface area is 140 Å². The summed E-state index contributed by atoms with van der Waals surface area (Å²) in [4.78, 5) is 0. The molecule has 0 aromatic heterocycles. The van der Waals surface area contributed by atoms with E-state index in [9.17, 15) is 0 Å². The fraction of sp³-hybridized carbons (Fsp3) is 0.400. The van der Waals surface area contributed by atoms with Crippen molar-refractivity contribution in [2.75, 3.05) is 35.6 Å². The topological polar surface area (TPSA) is 36.1 Å². The first-order valence-corrected chi connectivity index (χ1v) is 8.67. The first kappa shape index (κ1) is 17.2. The number of rotatable bonds is 10. The Morgan fingerprint density at radius 3 is 1.70 bits per heavy atom. The lowest BCUT2D eigenvalue weighted by molar-refractivity contribution is 0.834. The number of aryl methyl sites for hydroxylation is 1. The van der Waals surface area contributed by atoms with Crippen molar-refractivity contribution < 1.29 is 0 Å². The third kappa shape index (κ3) is 5.85. The summed E-state index contributed by atoms with van der Waals surface area (Å²) in [5, 5.41) is 10.5. The van der Waals surface area contributed by atoms with Crippen molar-refractivity contribution in [2.45, 2.75) is 33.1 Å². The van der Waals surface area contributed by atoms with Crippen LogP contribution in [-0.2, 0) is 0 Å². The van der Waals surface area contributed by atoms with Crippen molar-refractivity contribution in [1.29, 1.82) is 0 Å². The molecule has 3 N–H and O–H groups in total. The van der Waals surface area contributed by atoms with E-state index in [-0.39, 0.29) is 0 Å². The summed E-state index contributed by atoms with van der Waals surface area (Å²) < 4.78 is 0. The molecule has 0 atom stereocenters. The van der Waals surface area contributed by atoms with Crippen LogP contribution in [0, 0.1) is 6.92 Å². The Morgan fingerprint density at radius 1 is 0.652 bits per heavy atom. The van der Waals surface area contributed by atoms with Crippen molar-refractivity contribution in [1.82, 2.24) is 0 Å². The SMILES string of the molecule is CCCCNc1ccccc1NCCCNc1ccccc1C. The van der Waals surface area contributed by atoms with E-state index in [0.717, 1.165) is 26.1 Å². The third-order valence-corrected chi connectivity index (χ3v) is 3.90. The maximum atomic E-state index is 3.54. The van der Waals surface area contributed by atoms with E-state index in [2.05, 4.69) is 78.3 Å². The van der Waals surface area contributed by atoms with Crippen molar-refractivity contribution in [3.05, 3.63) is 54.1 Å². The highest BCUT2D eigenvalue weighted by Crippen LogP contribution is 2.21.